The second-order valence-corrected chi connectivity index (χ2v) is 6.29. The van der Waals surface area contributed by atoms with Gasteiger partial charge in [0.1, 0.15) is 18.3 Å². The zero-order chi connectivity index (χ0) is 12.6. The van der Waals surface area contributed by atoms with Crippen LogP contribution >= 0.6 is 0 Å². The number of ether oxygens (including phenoxy) is 3. The fourth-order valence-corrected chi connectivity index (χ4v) is 2.59. The van der Waals surface area contributed by atoms with Crippen LogP contribution in [0, 0.1) is 0 Å². The van der Waals surface area contributed by atoms with E-state index in [2.05, 4.69) is 39.9 Å². The summed E-state index contributed by atoms with van der Waals surface area (Å²) in [4.78, 5) is 0. The van der Waals surface area contributed by atoms with Crippen molar-refractivity contribution in [1.29, 1.82) is 0 Å². The minimum absolute atomic E-state index is 0.0685. The summed E-state index contributed by atoms with van der Waals surface area (Å²) in [5, 5.41) is 3.49. The quantitative estimate of drug-likeness (QED) is 0.812. The van der Waals surface area contributed by atoms with E-state index in [-0.39, 0.29) is 23.9 Å². The molecule has 100 valence electrons. The fraction of sp³-hybridized carbons (Fsp3) is 1.00. The second-order valence-electron chi connectivity index (χ2n) is 6.29. The number of fused-ring (bicyclic) bond motifs is 1. The molecule has 2 aliphatic rings. The Balaban J connectivity index is 1.92. The Hall–Kier alpha value is -0.160. The summed E-state index contributed by atoms with van der Waals surface area (Å²) in [5.74, 6) is 0. The largest absolute Gasteiger partial charge is 0.371 e. The van der Waals surface area contributed by atoms with E-state index in [1.807, 2.05) is 0 Å². The average molecular weight is 243 g/mol. The Morgan fingerprint density at radius 3 is 2.35 bits per heavy atom. The molecule has 0 aromatic heterocycles. The lowest BCUT2D eigenvalue weighted by Crippen LogP contribution is -2.44. The van der Waals surface area contributed by atoms with Gasteiger partial charge in [-0.05, 0) is 20.8 Å². The zero-order valence-corrected chi connectivity index (χ0v) is 11.5. The highest BCUT2D eigenvalue weighted by Gasteiger charge is 2.49. The van der Waals surface area contributed by atoms with E-state index in [1.165, 1.54) is 0 Å². The van der Waals surface area contributed by atoms with Crippen molar-refractivity contribution in [2.75, 3.05) is 13.2 Å². The first-order valence-corrected chi connectivity index (χ1v) is 6.54. The minimum Gasteiger partial charge on any atom is -0.371 e. The van der Waals surface area contributed by atoms with Gasteiger partial charge in [0.2, 0.25) is 0 Å². The molecule has 0 amide bonds. The summed E-state index contributed by atoms with van der Waals surface area (Å²) < 4.78 is 17.7. The molecule has 0 aromatic carbocycles. The molecular formula is C13H25NO3. The Morgan fingerprint density at radius 1 is 1.12 bits per heavy atom. The summed E-state index contributed by atoms with van der Waals surface area (Å²) in [5.41, 5.74) is -0.143. The fourth-order valence-electron chi connectivity index (χ4n) is 2.59. The predicted molar refractivity (Wildman–Crippen MR) is 66.2 cm³/mol. The van der Waals surface area contributed by atoms with Gasteiger partial charge in [0.05, 0.1) is 24.9 Å². The monoisotopic (exact) mass is 243 g/mol. The van der Waals surface area contributed by atoms with Crippen molar-refractivity contribution in [2.24, 2.45) is 0 Å². The summed E-state index contributed by atoms with van der Waals surface area (Å²) in [7, 11) is 0. The molecule has 0 radical (unpaired) electrons. The van der Waals surface area contributed by atoms with Gasteiger partial charge >= 0.3 is 0 Å². The normalized spacial score (nSPS) is 37.8. The van der Waals surface area contributed by atoms with E-state index in [4.69, 9.17) is 14.2 Å². The topological polar surface area (TPSA) is 39.7 Å². The van der Waals surface area contributed by atoms with Crippen molar-refractivity contribution < 1.29 is 14.2 Å². The molecule has 0 spiro atoms. The van der Waals surface area contributed by atoms with Crippen LogP contribution in [0.3, 0.4) is 0 Å². The van der Waals surface area contributed by atoms with Gasteiger partial charge < -0.3 is 19.5 Å². The molecule has 0 saturated carbocycles. The first kappa shape index (κ1) is 13.3. The van der Waals surface area contributed by atoms with Gasteiger partial charge in [-0.1, -0.05) is 13.8 Å². The lowest BCUT2D eigenvalue weighted by atomic mass is 10.1. The third kappa shape index (κ3) is 3.19. The van der Waals surface area contributed by atoms with Crippen LogP contribution in [0.25, 0.3) is 0 Å². The molecule has 2 saturated heterocycles. The highest BCUT2D eigenvalue weighted by Crippen LogP contribution is 2.31. The summed E-state index contributed by atoms with van der Waals surface area (Å²) in [6, 6.07) is 0.752. The van der Waals surface area contributed by atoms with Crippen molar-refractivity contribution in [3.63, 3.8) is 0 Å². The highest BCUT2D eigenvalue weighted by molar-refractivity contribution is 4.99. The van der Waals surface area contributed by atoms with E-state index in [0.717, 1.165) is 6.61 Å². The molecule has 2 heterocycles. The third-order valence-corrected chi connectivity index (χ3v) is 3.06. The maximum absolute atomic E-state index is 5.99. The molecule has 4 atom stereocenters. The maximum Gasteiger partial charge on any atom is 0.114 e. The lowest BCUT2D eigenvalue weighted by Gasteiger charge is -2.26. The number of hydrogen-bond donors (Lipinski definition) is 1. The SMILES string of the molecule is CC(C)N[C@@H]1COC2C1OC[C@H]2OC(C)(C)C. The standard InChI is InChI=1S/C13H25NO3/c1-8(2)14-9-6-15-12-10(7-16-11(9)12)17-13(3,4)5/h8-12,14H,6-7H2,1-5H3/t9-,10-,11?,12?/m1/s1. The van der Waals surface area contributed by atoms with E-state index >= 15 is 0 Å². The molecule has 2 aliphatic heterocycles. The summed E-state index contributed by atoms with van der Waals surface area (Å²) in [6.07, 6.45) is 0.300. The molecule has 0 aromatic rings. The van der Waals surface area contributed by atoms with Gasteiger partial charge in [-0.15, -0.1) is 0 Å². The Labute approximate surface area is 104 Å². The molecule has 2 fully saturated rings. The number of hydrogen-bond acceptors (Lipinski definition) is 4. The van der Waals surface area contributed by atoms with Gasteiger partial charge in [-0.2, -0.15) is 0 Å². The maximum atomic E-state index is 5.99. The lowest BCUT2D eigenvalue weighted by molar-refractivity contribution is -0.102. The van der Waals surface area contributed by atoms with Crippen LogP contribution in [0.5, 0.6) is 0 Å². The average Bonchev–Trinajstić information content (AvgIpc) is 2.68. The molecule has 4 nitrogen and oxygen atoms in total. The molecule has 0 bridgehead atoms. The van der Waals surface area contributed by atoms with Crippen LogP contribution in [0.15, 0.2) is 0 Å². The predicted octanol–water partition coefficient (Wildman–Crippen LogP) is 1.33. The molecule has 0 aliphatic carbocycles. The molecule has 4 heteroatoms. The Kier molecular flexibility index (Phi) is 3.78. The number of rotatable bonds is 3. The van der Waals surface area contributed by atoms with Crippen molar-refractivity contribution in [3.8, 4) is 0 Å². The van der Waals surface area contributed by atoms with Gasteiger partial charge in [0.15, 0.2) is 0 Å². The Bertz CT molecular complexity index is 262. The molecule has 2 rings (SSSR count). The smallest absolute Gasteiger partial charge is 0.114 e. The van der Waals surface area contributed by atoms with Crippen LogP contribution < -0.4 is 5.32 Å². The molecule has 2 unspecified atom stereocenters. The molecular weight excluding hydrogens is 218 g/mol. The van der Waals surface area contributed by atoms with E-state index < -0.39 is 0 Å². The van der Waals surface area contributed by atoms with E-state index in [0.29, 0.717) is 18.7 Å². The molecule has 17 heavy (non-hydrogen) atoms. The van der Waals surface area contributed by atoms with Crippen LogP contribution in [0.1, 0.15) is 34.6 Å². The first-order valence-electron chi connectivity index (χ1n) is 6.54. The second kappa shape index (κ2) is 4.84. The van der Waals surface area contributed by atoms with Crippen molar-refractivity contribution in [3.05, 3.63) is 0 Å². The van der Waals surface area contributed by atoms with Gasteiger partial charge in [-0.3, -0.25) is 0 Å². The van der Waals surface area contributed by atoms with Crippen LogP contribution in [0.2, 0.25) is 0 Å². The zero-order valence-electron chi connectivity index (χ0n) is 11.5. The van der Waals surface area contributed by atoms with Gasteiger partial charge in [0.25, 0.3) is 0 Å². The van der Waals surface area contributed by atoms with E-state index in [9.17, 15) is 0 Å². The van der Waals surface area contributed by atoms with Crippen molar-refractivity contribution in [2.45, 2.75) is 70.6 Å². The van der Waals surface area contributed by atoms with Gasteiger partial charge in [-0.25, -0.2) is 0 Å². The first-order chi connectivity index (χ1) is 7.87. The van der Waals surface area contributed by atoms with E-state index in [1.54, 1.807) is 0 Å². The molecule has 1 N–H and O–H groups in total. The summed E-state index contributed by atoms with van der Waals surface area (Å²) in [6.45, 7) is 11.9. The summed E-state index contributed by atoms with van der Waals surface area (Å²) >= 11 is 0. The van der Waals surface area contributed by atoms with Crippen LogP contribution in [-0.4, -0.2) is 49.2 Å². The third-order valence-electron chi connectivity index (χ3n) is 3.06. The number of nitrogens with one attached hydrogen (secondary N) is 1. The van der Waals surface area contributed by atoms with Gasteiger partial charge in [0, 0.05) is 6.04 Å². The van der Waals surface area contributed by atoms with Crippen molar-refractivity contribution in [1.82, 2.24) is 5.32 Å². The van der Waals surface area contributed by atoms with Crippen LogP contribution in [0.4, 0.5) is 0 Å². The Morgan fingerprint density at radius 2 is 1.76 bits per heavy atom. The highest BCUT2D eigenvalue weighted by atomic mass is 16.6. The van der Waals surface area contributed by atoms with Crippen molar-refractivity contribution >= 4 is 0 Å². The van der Waals surface area contributed by atoms with Crippen LogP contribution in [-0.2, 0) is 14.2 Å². The minimum atomic E-state index is -0.143.